The van der Waals surface area contributed by atoms with Gasteiger partial charge in [0.1, 0.15) is 11.3 Å². The number of aromatic nitrogens is 2. The van der Waals surface area contributed by atoms with Gasteiger partial charge in [-0.05, 0) is 24.0 Å². The molecule has 0 spiro atoms. The third-order valence-electron chi connectivity index (χ3n) is 6.19. The molecule has 2 fully saturated rings. The van der Waals surface area contributed by atoms with Crippen molar-refractivity contribution in [2.24, 2.45) is 11.3 Å². The van der Waals surface area contributed by atoms with E-state index in [9.17, 15) is 18.7 Å². The second-order valence-electron chi connectivity index (χ2n) is 8.43. The van der Waals surface area contributed by atoms with Crippen LogP contribution in [-0.2, 0) is 0 Å². The molecule has 0 radical (unpaired) electrons. The van der Waals surface area contributed by atoms with Crippen LogP contribution >= 0.6 is 0 Å². The summed E-state index contributed by atoms with van der Waals surface area (Å²) in [5.74, 6) is -1.27. The van der Waals surface area contributed by atoms with E-state index < -0.39 is 23.3 Å². The van der Waals surface area contributed by atoms with Crippen molar-refractivity contribution in [3.05, 3.63) is 30.0 Å². The van der Waals surface area contributed by atoms with Crippen LogP contribution in [0.2, 0.25) is 0 Å². The molecule has 0 aliphatic carbocycles. The molecule has 27 heavy (non-hydrogen) atoms. The van der Waals surface area contributed by atoms with Gasteiger partial charge in [-0.2, -0.15) is 0 Å². The highest BCUT2D eigenvalue weighted by molar-refractivity contribution is 5.76. The van der Waals surface area contributed by atoms with Crippen molar-refractivity contribution >= 4 is 22.9 Å². The molecule has 2 aliphatic rings. The van der Waals surface area contributed by atoms with E-state index in [1.165, 1.54) is 11.0 Å². The molecule has 6 nitrogen and oxygen atoms in total. The number of halogens is 2. The zero-order chi connectivity index (χ0) is 19.6. The first-order chi connectivity index (χ1) is 12.6. The van der Waals surface area contributed by atoms with Gasteiger partial charge in [-0.15, -0.1) is 0 Å². The predicted octanol–water partition coefficient (Wildman–Crippen LogP) is 3.51. The van der Waals surface area contributed by atoms with E-state index in [-0.39, 0.29) is 22.4 Å². The van der Waals surface area contributed by atoms with Crippen molar-refractivity contribution < 1.29 is 18.7 Å². The largest absolute Gasteiger partial charge is 0.465 e. The van der Waals surface area contributed by atoms with Gasteiger partial charge in [0.15, 0.2) is 11.6 Å². The lowest BCUT2D eigenvalue weighted by Gasteiger charge is -2.67. The summed E-state index contributed by atoms with van der Waals surface area (Å²) in [5, 5.41) is 9.65. The number of piperidine rings is 1. The van der Waals surface area contributed by atoms with Gasteiger partial charge in [-0.3, -0.25) is 9.88 Å². The number of rotatable bonds is 1. The Morgan fingerprint density at radius 1 is 1.33 bits per heavy atom. The summed E-state index contributed by atoms with van der Waals surface area (Å²) in [6.45, 7) is 7.78. The molecule has 1 aromatic heterocycles. The molecule has 1 N–H and O–H groups in total. The van der Waals surface area contributed by atoms with E-state index in [0.717, 1.165) is 12.5 Å². The van der Waals surface area contributed by atoms with Crippen LogP contribution in [0.3, 0.4) is 0 Å². The number of nitrogens with zero attached hydrogens (tertiary/aromatic N) is 4. The van der Waals surface area contributed by atoms with Gasteiger partial charge in [0.2, 0.25) is 0 Å². The van der Waals surface area contributed by atoms with Crippen molar-refractivity contribution in [3.8, 4) is 0 Å². The van der Waals surface area contributed by atoms with Crippen LogP contribution in [0, 0.1) is 23.0 Å². The number of hydrogen-bond acceptors (Lipinski definition) is 4. The summed E-state index contributed by atoms with van der Waals surface area (Å²) in [6, 6.07) is 2.43. The number of carbonyl (C=O) groups is 1. The fourth-order valence-corrected chi connectivity index (χ4v) is 4.73. The minimum Gasteiger partial charge on any atom is -0.465 e. The molecule has 2 atom stereocenters. The Hall–Kier alpha value is -2.51. The van der Waals surface area contributed by atoms with E-state index >= 15 is 0 Å². The van der Waals surface area contributed by atoms with Crippen LogP contribution in [0.25, 0.3) is 11.0 Å². The van der Waals surface area contributed by atoms with Gasteiger partial charge < -0.3 is 10.0 Å². The SMILES string of the molecule is CC(C)(C)C12CN(c3cnc4ccc(F)c(F)c4n3)CC[C@@H]1CN2C(=O)O. The Labute approximate surface area is 155 Å². The van der Waals surface area contributed by atoms with Gasteiger partial charge in [-0.25, -0.2) is 18.6 Å². The summed E-state index contributed by atoms with van der Waals surface area (Å²) in [5.41, 5.74) is -0.653. The maximum Gasteiger partial charge on any atom is 0.407 e. The average molecular weight is 376 g/mol. The molecule has 1 amide bonds. The fraction of sp³-hybridized carbons (Fsp3) is 0.526. The molecule has 0 saturated carbocycles. The normalized spacial score (nSPS) is 25.3. The summed E-state index contributed by atoms with van der Waals surface area (Å²) in [7, 11) is 0. The van der Waals surface area contributed by atoms with Gasteiger partial charge in [-0.1, -0.05) is 20.8 Å². The van der Waals surface area contributed by atoms with Crippen LogP contribution in [0.5, 0.6) is 0 Å². The van der Waals surface area contributed by atoms with E-state index in [4.69, 9.17) is 0 Å². The van der Waals surface area contributed by atoms with Crippen molar-refractivity contribution in [1.82, 2.24) is 14.9 Å². The van der Waals surface area contributed by atoms with E-state index in [0.29, 0.717) is 25.5 Å². The van der Waals surface area contributed by atoms with Crippen molar-refractivity contribution in [2.75, 3.05) is 24.5 Å². The number of amides is 1. The van der Waals surface area contributed by atoms with Gasteiger partial charge in [0, 0.05) is 25.6 Å². The number of anilines is 1. The quantitative estimate of drug-likeness (QED) is 0.825. The highest BCUT2D eigenvalue weighted by atomic mass is 19.2. The molecule has 3 heterocycles. The minimum atomic E-state index is -1.02. The Balaban J connectivity index is 1.74. The van der Waals surface area contributed by atoms with E-state index in [1.807, 2.05) is 25.7 Å². The van der Waals surface area contributed by atoms with Crippen LogP contribution in [0.4, 0.5) is 19.4 Å². The first-order valence-corrected chi connectivity index (χ1v) is 9.01. The number of benzene rings is 1. The Kier molecular flexibility index (Phi) is 3.80. The number of carboxylic acid groups (broad SMARTS) is 1. The molecule has 144 valence electrons. The first-order valence-electron chi connectivity index (χ1n) is 9.01. The van der Waals surface area contributed by atoms with Gasteiger partial charge in [0.05, 0.1) is 17.3 Å². The molecule has 2 aliphatic heterocycles. The summed E-state index contributed by atoms with van der Waals surface area (Å²) >= 11 is 0. The lowest BCUT2D eigenvalue weighted by atomic mass is 9.57. The van der Waals surface area contributed by atoms with Crippen molar-refractivity contribution in [2.45, 2.75) is 32.7 Å². The Morgan fingerprint density at radius 2 is 2.07 bits per heavy atom. The van der Waals surface area contributed by atoms with Gasteiger partial charge in [0.25, 0.3) is 0 Å². The summed E-state index contributed by atoms with van der Waals surface area (Å²) in [6.07, 6.45) is 1.42. The summed E-state index contributed by atoms with van der Waals surface area (Å²) in [4.78, 5) is 23.8. The monoisotopic (exact) mass is 376 g/mol. The highest BCUT2D eigenvalue weighted by Gasteiger charge is 2.63. The molecular weight excluding hydrogens is 354 g/mol. The van der Waals surface area contributed by atoms with E-state index in [1.54, 1.807) is 6.20 Å². The topological polar surface area (TPSA) is 69.6 Å². The smallest absolute Gasteiger partial charge is 0.407 e. The fourth-order valence-electron chi connectivity index (χ4n) is 4.73. The number of hydrogen-bond donors (Lipinski definition) is 1. The van der Waals surface area contributed by atoms with Crippen LogP contribution in [0.1, 0.15) is 27.2 Å². The molecule has 4 rings (SSSR count). The molecule has 1 unspecified atom stereocenters. The standard InChI is InChI=1S/C19H22F2N4O2/c1-18(2,3)19-10-24(7-6-11(19)9-25(19)17(26)27)14-8-22-13-5-4-12(20)15(21)16(13)23-14/h4-5,8,11H,6-7,9-10H2,1-3H3,(H,26,27)/t11-,19?/m1/s1. The van der Waals surface area contributed by atoms with Crippen LogP contribution in [-0.4, -0.2) is 51.2 Å². The third-order valence-corrected chi connectivity index (χ3v) is 6.19. The summed E-state index contributed by atoms with van der Waals surface area (Å²) < 4.78 is 27.7. The van der Waals surface area contributed by atoms with E-state index in [2.05, 4.69) is 9.97 Å². The lowest BCUT2D eigenvalue weighted by molar-refractivity contribution is -0.133. The van der Waals surface area contributed by atoms with Crippen LogP contribution in [0.15, 0.2) is 18.3 Å². The molecule has 2 saturated heterocycles. The Bertz CT molecular complexity index is 930. The molecule has 0 bridgehead atoms. The number of fused-ring (bicyclic) bond motifs is 2. The van der Waals surface area contributed by atoms with Crippen molar-refractivity contribution in [3.63, 3.8) is 0 Å². The molecule has 8 heteroatoms. The third kappa shape index (κ3) is 2.45. The maximum atomic E-state index is 14.1. The second-order valence-corrected chi connectivity index (χ2v) is 8.43. The maximum absolute atomic E-state index is 14.1. The second kappa shape index (κ2) is 5.74. The first kappa shape index (κ1) is 17.9. The molecular formula is C19H22F2N4O2. The molecule has 1 aromatic carbocycles. The van der Waals surface area contributed by atoms with Crippen molar-refractivity contribution in [1.29, 1.82) is 0 Å². The zero-order valence-electron chi connectivity index (χ0n) is 15.5. The number of likely N-dealkylation sites (tertiary alicyclic amines) is 1. The lowest BCUT2D eigenvalue weighted by Crippen LogP contribution is -2.79. The molecule has 2 aromatic rings. The van der Waals surface area contributed by atoms with Gasteiger partial charge >= 0.3 is 6.09 Å². The highest BCUT2D eigenvalue weighted by Crippen LogP contribution is 2.53. The zero-order valence-corrected chi connectivity index (χ0v) is 15.5. The average Bonchev–Trinajstić information content (AvgIpc) is 2.57. The Morgan fingerprint density at radius 3 is 2.74 bits per heavy atom. The van der Waals surface area contributed by atoms with Crippen LogP contribution < -0.4 is 4.90 Å². The minimum absolute atomic E-state index is 0.108. The predicted molar refractivity (Wildman–Crippen MR) is 96.7 cm³/mol.